The molecule has 0 spiro atoms. The summed E-state index contributed by atoms with van der Waals surface area (Å²) in [6, 6.07) is 0. The summed E-state index contributed by atoms with van der Waals surface area (Å²) in [5, 5.41) is 8.57. The maximum absolute atomic E-state index is 10.4. The summed E-state index contributed by atoms with van der Waals surface area (Å²) in [5.41, 5.74) is -1.11. The first-order chi connectivity index (χ1) is 5.00. The fourth-order valence-corrected chi connectivity index (χ4v) is 0.442. The van der Waals surface area contributed by atoms with Crippen LogP contribution in [0, 0.1) is 0 Å². The van der Waals surface area contributed by atoms with Crippen LogP contribution in [0.25, 0.3) is 0 Å². The van der Waals surface area contributed by atoms with Crippen LogP contribution in [-0.4, -0.2) is 37.0 Å². The summed E-state index contributed by atoms with van der Waals surface area (Å²) in [5.74, 6) is -0.964. The van der Waals surface area contributed by atoms with E-state index in [1.165, 1.54) is 21.0 Å². The minimum Gasteiger partial charge on any atom is -0.479 e. The molecule has 4 nitrogen and oxygen atoms in total. The van der Waals surface area contributed by atoms with E-state index >= 15 is 0 Å². The first-order valence-electron chi connectivity index (χ1n) is 3.37. The molecule has 0 saturated heterocycles. The van der Waals surface area contributed by atoms with Crippen LogP contribution in [0.4, 0.5) is 0 Å². The zero-order chi connectivity index (χ0) is 8.91. The Balaban J connectivity index is 3.64. The van der Waals surface area contributed by atoms with Gasteiger partial charge in [0.2, 0.25) is 0 Å². The number of carbonyl (C=O) groups is 1. The van der Waals surface area contributed by atoms with Crippen molar-refractivity contribution < 1.29 is 19.4 Å². The van der Waals surface area contributed by atoms with Crippen molar-refractivity contribution in [2.45, 2.75) is 19.4 Å². The molecule has 0 fully saturated rings. The molecule has 0 atom stereocenters. The topological polar surface area (TPSA) is 55.8 Å². The SMILES string of the molecule is COCCOC(C)(C)C(=O)O. The molecule has 0 rings (SSSR count). The average Bonchev–Trinajstić information content (AvgIpc) is 1.88. The number of hydrogen-bond donors (Lipinski definition) is 1. The summed E-state index contributed by atoms with van der Waals surface area (Å²) in [6.07, 6.45) is 0. The summed E-state index contributed by atoms with van der Waals surface area (Å²) < 4.78 is 9.71. The van der Waals surface area contributed by atoms with Gasteiger partial charge in [-0.3, -0.25) is 0 Å². The van der Waals surface area contributed by atoms with Gasteiger partial charge in [0.1, 0.15) is 0 Å². The van der Waals surface area contributed by atoms with E-state index in [0.29, 0.717) is 13.2 Å². The minimum absolute atomic E-state index is 0.301. The smallest absolute Gasteiger partial charge is 0.335 e. The second kappa shape index (κ2) is 4.31. The van der Waals surface area contributed by atoms with Gasteiger partial charge in [0.05, 0.1) is 13.2 Å². The van der Waals surface area contributed by atoms with E-state index in [1.54, 1.807) is 0 Å². The molecule has 0 aliphatic heterocycles. The van der Waals surface area contributed by atoms with Crippen LogP contribution < -0.4 is 0 Å². The van der Waals surface area contributed by atoms with Crippen molar-refractivity contribution in [3.8, 4) is 0 Å². The zero-order valence-electron chi connectivity index (χ0n) is 7.09. The van der Waals surface area contributed by atoms with Crippen LogP contribution >= 0.6 is 0 Å². The Morgan fingerprint density at radius 2 is 2.00 bits per heavy atom. The molecular formula is C7H14O4. The number of ether oxygens (including phenoxy) is 2. The second-order valence-corrected chi connectivity index (χ2v) is 2.66. The standard InChI is InChI=1S/C7H14O4/c1-7(2,6(8)9)11-5-4-10-3/h4-5H2,1-3H3,(H,8,9). The molecule has 0 unspecified atom stereocenters. The monoisotopic (exact) mass is 162 g/mol. The Morgan fingerprint density at radius 3 is 2.36 bits per heavy atom. The second-order valence-electron chi connectivity index (χ2n) is 2.66. The van der Waals surface area contributed by atoms with Crippen molar-refractivity contribution in [1.29, 1.82) is 0 Å². The van der Waals surface area contributed by atoms with Gasteiger partial charge in [0.25, 0.3) is 0 Å². The molecular weight excluding hydrogens is 148 g/mol. The zero-order valence-corrected chi connectivity index (χ0v) is 7.09. The largest absolute Gasteiger partial charge is 0.479 e. The highest BCUT2D eigenvalue weighted by molar-refractivity contribution is 5.76. The lowest BCUT2D eigenvalue weighted by Gasteiger charge is -2.19. The number of carboxylic acid groups (broad SMARTS) is 1. The molecule has 11 heavy (non-hydrogen) atoms. The Bertz CT molecular complexity index is 130. The van der Waals surface area contributed by atoms with Crippen molar-refractivity contribution in [2.75, 3.05) is 20.3 Å². The Labute approximate surface area is 66.1 Å². The van der Waals surface area contributed by atoms with Gasteiger partial charge < -0.3 is 14.6 Å². The van der Waals surface area contributed by atoms with Gasteiger partial charge in [-0.05, 0) is 13.8 Å². The molecule has 0 saturated carbocycles. The molecule has 0 aromatic rings. The van der Waals surface area contributed by atoms with Gasteiger partial charge in [0.15, 0.2) is 5.60 Å². The first-order valence-corrected chi connectivity index (χ1v) is 3.37. The fourth-order valence-electron chi connectivity index (χ4n) is 0.442. The lowest BCUT2D eigenvalue weighted by molar-refractivity contribution is -0.162. The molecule has 4 heteroatoms. The number of aliphatic carboxylic acids is 1. The predicted molar refractivity (Wildman–Crippen MR) is 39.5 cm³/mol. The van der Waals surface area contributed by atoms with E-state index in [0.717, 1.165) is 0 Å². The number of methoxy groups -OCH3 is 1. The Morgan fingerprint density at radius 1 is 1.45 bits per heavy atom. The average molecular weight is 162 g/mol. The third-order valence-corrected chi connectivity index (χ3v) is 1.27. The highest BCUT2D eigenvalue weighted by Gasteiger charge is 2.27. The van der Waals surface area contributed by atoms with Crippen LogP contribution in [0.2, 0.25) is 0 Å². The van der Waals surface area contributed by atoms with E-state index in [2.05, 4.69) is 0 Å². The van der Waals surface area contributed by atoms with Gasteiger partial charge in [-0.15, -0.1) is 0 Å². The molecule has 66 valence electrons. The number of rotatable bonds is 5. The van der Waals surface area contributed by atoms with Crippen LogP contribution in [0.5, 0.6) is 0 Å². The van der Waals surface area contributed by atoms with Crippen molar-refractivity contribution in [2.24, 2.45) is 0 Å². The number of carboxylic acids is 1. The summed E-state index contributed by atoms with van der Waals surface area (Å²) in [7, 11) is 1.54. The molecule has 0 radical (unpaired) electrons. The summed E-state index contributed by atoms with van der Waals surface area (Å²) in [6.45, 7) is 3.72. The lowest BCUT2D eigenvalue weighted by atomic mass is 10.1. The summed E-state index contributed by atoms with van der Waals surface area (Å²) >= 11 is 0. The van der Waals surface area contributed by atoms with Crippen LogP contribution in [0.15, 0.2) is 0 Å². The van der Waals surface area contributed by atoms with E-state index in [-0.39, 0.29) is 0 Å². The van der Waals surface area contributed by atoms with E-state index < -0.39 is 11.6 Å². The third-order valence-electron chi connectivity index (χ3n) is 1.27. The Hall–Kier alpha value is -0.610. The van der Waals surface area contributed by atoms with Gasteiger partial charge in [0, 0.05) is 7.11 Å². The van der Waals surface area contributed by atoms with Crippen molar-refractivity contribution >= 4 is 5.97 Å². The quantitative estimate of drug-likeness (QED) is 0.598. The van der Waals surface area contributed by atoms with Gasteiger partial charge in [-0.2, -0.15) is 0 Å². The fraction of sp³-hybridized carbons (Fsp3) is 0.857. The maximum atomic E-state index is 10.4. The summed E-state index contributed by atoms with van der Waals surface area (Å²) in [4.78, 5) is 10.4. The van der Waals surface area contributed by atoms with Crippen LogP contribution in [0.1, 0.15) is 13.8 Å². The van der Waals surface area contributed by atoms with E-state index in [1.807, 2.05) is 0 Å². The minimum atomic E-state index is -1.11. The Kier molecular flexibility index (Phi) is 4.07. The van der Waals surface area contributed by atoms with E-state index in [4.69, 9.17) is 14.6 Å². The third kappa shape index (κ3) is 3.95. The number of hydrogen-bond acceptors (Lipinski definition) is 3. The lowest BCUT2D eigenvalue weighted by Crippen LogP contribution is -2.35. The molecule has 0 aromatic carbocycles. The molecule has 0 bridgehead atoms. The molecule has 0 aromatic heterocycles. The highest BCUT2D eigenvalue weighted by Crippen LogP contribution is 2.07. The predicted octanol–water partition coefficient (Wildman–Crippen LogP) is 0.513. The molecule has 0 heterocycles. The highest BCUT2D eigenvalue weighted by atomic mass is 16.5. The van der Waals surface area contributed by atoms with Crippen LogP contribution in [0.3, 0.4) is 0 Å². The van der Waals surface area contributed by atoms with Gasteiger partial charge >= 0.3 is 5.97 Å². The van der Waals surface area contributed by atoms with E-state index in [9.17, 15) is 4.79 Å². The molecule has 1 N–H and O–H groups in total. The van der Waals surface area contributed by atoms with Crippen LogP contribution in [-0.2, 0) is 14.3 Å². The van der Waals surface area contributed by atoms with Gasteiger partial charge in [-0.25, -0.2) is 4.79 Å². The first kappa shape index (κ1) is 10.4. The molecule has 0 amide bonds. The normalized spacial score (nSPS) is 11.5. The van der Waals surface area contributed by atoms with Crippen molar-refractivity contribution in [3.05, 3.63) is 0 Å². The van der Waals surface area contributed by atoms with Crippen molar-refractivity contribution in [1.82, 2.24) is 0 Å². The maximum Gasteiger partial charge on any atom is 0.335 e. The molecule has 0 aliphatic rings. The molecule has 0 aliphatic carbocycles. The van der Waals surface area contributed by atoms with Crippen molar-refractivity contribution in [3.63, 3.8) is 0 Å². The van der Waals surface area contributed by atoms with Gasteiger partial charge in [-0.1, -0.05) is 0 Å².